The van der Waals surface area contributed by atoms with Gasteiger partial charge in [0.1, 0.15) is 6.61 Å². The van der Waals surface area contributed by atoms with Gasteiger partial charge < -0.3 is 4.74 Å². The second-order valence-electron chi connectivity index (χ2n) is 2.43. The van der Waals surface area contributed by atoms with Gasteiger partial charge in [0.15, 0.2) is 0 Å². The first kappa shape index (κ1) is 11.0. The van der Waals surface area contributed by atoms with Gasteiger partial charge >= 0.3 is 5.97 Å². The fourth-order valence-electron chi connectivity index (χ4n) is 0.733. The van der Waals surface area contributed by atoms with Crippen molar-refractivity contribution in [2.24, 2.45) is 0 Å². The average molecular weight is 168 g/mol. The number of carbonyl (C=O) groups excluding carboxylic acids is 1. The number of carbonyl (C=O) groups is 1. The lowest BCUT2D eigenvalue weighted by Crippen LogP contribution is -2.04. The second-order valence-corrected chi connectivity index (χ2v) is 2.43. The highest BCUT2D eigenvalue weighted by Crippen LogP contribution is 1.99. The molecular weight excluding hydrogens is 154 g/mol. The molecule has 3 heteroatoms. The number of hydrogen-bond donors (Lipinski definition) is 0. The zero-order valence-electron chi connectivity index (χ0n) is 7.38. The average Bonchev–Trinajstić information content (AvgIpc) is 2.06. The van der Waals surface area contributed by atoms with Crippen molar-refractivity contribution in [3.8, 4) is 6.07 Å². The Morgan fingerprint density at radius 2 is 2.42 bits per heavy atom. The van der Waals surface area contributed by atoms with Gasteiger partial charge in [0.2, 0.25) is 0 Å². The van der Waals surface area contributed by atoms with Crippen molar-refractivity contribution in [2.75, 3.05) is 6.61 Å². The summed E-state index contributed by atoms with van der Waals surface area (Å²) < 4.78 is 4.75. The summed E-state index contributed by atoms with van der Waals surface area (Å²) in [6.07, 6.45) is 4.53. The second kappa shape index (κ2) is 8.06. The van der Waals surface area contributed by atoms with Crippen LogP contribution in [0.15, 0.2) is 0 Å². The maximum absolute atomic E-state index is 10.8. The minimum absolute atomic E-state index is 0.202. The van der Waals surface area contributed by atoms with Gasteiger partial charge in [-0.1, -0.05) is 6.92 Å². The lowest BCUT2D eigenvalue weighted by molar-refractivity contribution is -0.143. The lowest BCUT2D eigenvalue weighted by atomic mass is 10.2. The van der Waals surface area contributed by atoms with Crippen LogP contribution in [0.1, 0.15) is 32.6 Å². The van der Waals surface area contributed by atoms with Gasteiger partial charge in [-0.15, -0.1) is 0 Å². The van der Waals surface area contributed by atoms with Crippen molar-refractivity contribution < 1.29 is 9.53 Å². The first-order chi connectivity index (χ1) is 5.81. The Bertz CT molecular complexity index is 160. The Labute approximate surface area is 73.3 Å². The smallest absolute Gasteiger partial charge is 0.305 e. The van der Waals surface area contributed by atoms with E-state index in [9.17, 15) is 4.79 Å². The number of ether oxygens (including phenoxy) is 1. The van der Waals surface area contributed by atoms with Crippen LogP contribution in [0.3, 0.4) is 0 Å². The van der Waals surface area contributed by atoms with Crippen molar-refractivity contribution in [1.82, 2.24) is 0 Å². The molecule has 0 aromatic carbocycles. The minimum Gasteiger partial charge on any atom is -0.465 e. The summed E-state index contributed by atoms with van der Waals surface area (Å²) in [4.78, 5) is 10.8. The third-order valence-corrected chi connectivity index (χ3v) is 1.35. The maximum Gasteiger partial charge on any atom is 0.305 e. The summed E-state index contributed by atoms with van der Waals surface area (Å²) in [5, 5.41) is 8.15. The van der Waals surface area contributed by atoms with Gasteiger partial charge in [0, 0.05) is 6.42 Å². The summed E-state index contributed by atoms with van der Waals surface area (Å²) in [6, 6.07) is 1.91. The van der Waals surface area contributed by atoms with E-state index in [-0.39, 0.29) is 19.0 Å². The quantitative estimate of drug-likeness (QED) is 0.449. The van der Waals surface area contributed by atoms with Gasteiger partial charge in [0.05, 0.1) is 12.5 Å². The molecule has 1 radical (unpaired) electrons. The SMILES string of the molecule is C[CH]CCCC(=O)OCCC#N. The Morgan fingerprint density at radius 1 is 1.67 bits per heavy atom. The molecule has 0 amide bonds. The third kappa shape index (κ3) is 7.07. The fraction of sp³-hybridized carbons (Fsp3) is 0.667. The number of nitrogens with zero attached hydrogens (tertiary/aromatic N) is 1. The van der Waals surface area contributed by atoms with E-state index in [1.54, 1.807) is 0 Å². The van der Waals surface area contributed by atoms with Crippen LogP contribution in [0.25, 0.3) is 0 Å². The van der Waals surface area contributed by atoms with Crippen LogP contribution in [0.4, 0.5) is 0 Å². The predicted octanol–water partition coefficient (Wildman–Crippen LogP) is 1.84. The highest BCUT2D eigenvalue weighted by Gasteiger charge is 2.00. The zero-order valence-corrected chi connectivity index (χ0v) is 7.38. The monoisotopic (exact) mass is 168 g/mol. The number of hydrogen-bond acceptors (Lipinski definition) is 3. The Morgan fingerprint density at radius 3 is 3.00 bits per heavy atom. The van der Waals surface area contributed by atoms with Crippen molar-refractivity contribution in [3.63, 3.8) is 0 Å². The molecule has 0 heterocycles. The number of esters is 1. The predicted molar refractivity (Wildman–Crippen MR) is 45.0 cm³/mol. The van der Waals surface area contributed by atoms with Gasteiger partial charge in [-0.25, -0.2) is 0 Å². The summed E-state index contributed by atoms with van der Waals surface area (Å²) >= 11 is 0. The molecule has 3 nitrogen and oxygen atoms in total. The van der Waals surface area contributed by atoms with Gasteiger partial charge in [-0.2, -0.15) is 5.26 Å². The first-order valence-electron chi connectivity index (χ1n) is 4.11. The molecule has 0 aromatic heterocycles. The van der Waals surface area contributed by atoms with Crippen LogP contribution in [-0.2, 0) is 9.53 Å². The summed E-state index contributed by atoms with van der Waals surface area (Å²) in [6.45, 7) is 2.19. The van der Waals surface area contributed by atoms with Crippen molar-refractivity contribution in [2.45, 2.75) is 32.6 Å². The number of unbranched alkanes of at least 4 members (excludes halogenated alkanes) is 2. The number of nitriles is 1. The van der Waals surface area contributed by atoms with Gasteiger partial charge in [0.25, 0.3) is 0 Å². The van der Waals surface area contributed by atoms with Gasteiger partial charge in [-0.05, 0) is 19.3 Å². The summed E-state index contributed by atoms with van der Waals surface area (Å²) in [5.74, 6) is -0.202. The molecule has 0 atom stereocenters. The van der Waals surface area contributed by atoms with Crippen LogP contribution in [0, 0.1) is 17.8 Å². The molecule has 0 aromatic rings. The Hall–Kier alpha value is -1.04. The molecule has 0 unspecified atom stereocenters. The molecule has 0 aliphatic carbocycles. The van der Waals surface area contributed by atoms with Crippen LogP contribution < -0.4 is 0 Å². The van der Waals surface area contributed by atoms with E-state index in [1.165, 1.54) is 0 Å². The maximum atomic E-state index is 10.8. The minimum atomic E-state index is -0.202. The number of rotatable bonds is 6. The molecular formula is C9H14NO2. The Balaban J connectivity index is 3.17. The van der Waals surface area contributed by atoms with E-state index >= 15 is 0 Å². The van der Waals surface area contributed by atoms with Crippen LogP contribution in [0.2, 0.25) is 0 Å². The van der Waals surface area contributed by atoms with E-state index in [4.69, 9.17) is 10.00 Å². The van der Waals surface area contributed by atoms with Crippen molar-refractivity contribution in [3.05, 3.63) is 6.42 Å². The first-order valence-corrected chi connectivity index (χ1v) is 4.11. The zero-order chi connectivity index (χ0) is 9.23. The summed E-state index contributed by atoms with van der Waals surface area (Å²) in [5.41, 5.74) is 0. The van der Waals surface area contributed by atoms with Crippen LogP contribution in [-0.4, -0.2) is 12.6 Å². The van der Waals surface area contributed by atoms with Crippen molar-refractivity contribution >= 4 is 5.97 Å². The standard InChI is InChI=1S/C9H14NO2/c1-2-3-4-6-9(11)12-8-5-7-10/h2H,3-6,8H2,1H3. The molecule has 0 N–H and O–H groups in total. The van der Waals surface area contributed by atoms with Crippen molar-refractivity contribution in [1.29, 1.82) is 5.26 Å². The summed E-state index contributed by atoms with van der Waals surface area (Å²) in [7, 11) is 0. The molecule has 0 saturated heterocycles. The fourth-order valence-corrected chi connectivity index (χ4v) is 0.733. The molecule has 0 aliphatic rings. The highest BCUT2D eigenvalue weighted by atomic mass is 16.5. The topological polar surface area (TPSA) is 50.1 Å². The van der Waals surface area contributed by atoms with Crippen LogP contribution in [0.5, 0.6) is 0 Å². The van der Waals surface area contributed by atoms with E-state index in [0.717, 1.165) is 12.8 Å². The lowest BCUT2D eigenvalue weighted by Gasteiger charge is -2.00. The molecule has 0 saturated carbocycles. The van der Waals surface area contributed by atoms with E-state index < -0.39 is 0 Å². The molecule has 67 valence electrons. The molecule has 12 heavy (non-hydrogen) atoms. The van der Waals surface area contributed by atoms with E-state index in [0.29, 0.717) is 6.42 Å². The van der Waals surface area contributed by atoms with E-state index in [1.807, 2.05) is 19.4 Å². The van der Waals surface area contributed by atoms with E-state index in [2.05, 4.69) is 0 Å². The normalized spacial score (nSPS) is 9.00. The Kier molecular flexibility index (Phi) is 7.36. The molecule has 0 bridgehead atoms. The third-order valence-electron chi connectivity index (χ3n) is 1.35. The molecule has 0 spiro atoms. The molecule has 0 fully saturated rings. The van der Waals surface area contributed by atoms with Gasteiger partial charge in [-0.3, -0.25) is 4.79 Å². The highest BCUT2D eigenvalue weighted by molar-refractivity contribution is 5.69. The largest absolute Gasteiger partial charge is 0.465 e. The van der Waals surface area contributed by atoms with Crippen LogP contribution >= 0.6 is 0 Å². The molecule has 0 rings (SSSR count). The molecule has 0 aliphatic heterocycles.